The van der Waals surface area contributed by atoms with E-state index in [1.54, 1.807) is 0 Å². The van der Waals surface area contributed by atoms with E-state index in [9.17, 15) is 9.59 Å². The largest absolute Gasteiger partial charge is 1.00 e. The normalized spacial score (nSPS) is 9.93. The van der Waals surface area contributed by atoms with Gasteiger partial charge in [-0.1, -0.05) is 0 Å². The molecule has 0 aliphatic rings. The smallest absolute Gasteiger partial charge is 1.00 e. The Balaban J connectivity index is -0.000000105. The third kappa shape index (κ3) is 24.6. The summed E-state index contributed by atoms with van der Waals surface area (Å²) in [7, 11) is 0. The second-order valence-electron chi connectivity index (χ2n) is 2.28. The van der Waals surface area contributed by atoms with Crippen molar-refractivity contribution in [1.29, 1.82) is 0 Å². The second kappa shape index (κ2) is 11.2. The Labute approximate surface area is 110 Å². The molecule has 84 valence electrons. The third-order valence-corrected chi connectivity index (χ3v) is 0.986. The Hall–Kier alpha value is -0.830. The van der Waals surface area contributed by atoms with Gasteiger partial charge in [0.2, 0.25) is 0 Å². The zero-order valence-corrected chi connectivity index (χ0v) is 10.3. The van der Waals surface area contributed by atoms with Gasteiger partial charge in [0.1, 0.15) is 6.04 Å². The van der Waals surface area contributed by atoms with Crippen molar-refractivity contribution in [2.24, 2.45) is 17.2 Å². The zero-order valence-electron chi connectivity index (χ0n) is 9.34. The van der Waals surface area contributed by atoms with Crippen LogP contribution in [0.4, 0.5) is 4.79 Å². The molecule has 0 unspecified atom stereocenters. The summed E-state index contributed by atoms with van der Waals surface area (Å²) in [6.07, 6.45) is -0.224. The van der Waals surface area contributed by atoms with E-state index in [0.29, 0.717) is 0 Å². The number of rotatable bonds is 4. The molecule has 8 N–H and O–H groups in total. The van der Waals surface area contributed by atoms with Gasteiger partial charge in [-0.05, 0) is 6.42 Å². The van der Waals surface area contributed by atoms with E-state index in [4.69, 9.17) is 20.7 Å². The molecule has 0 spiro atoms. The maximum atomic E-state index is 9.99. The topological polar surface area (TPSA) is 170 Å². The van der Waals surface area contributed by atoms with Gasteiger partial charge in [-0.25, -0.2) is 4.79 Å². The van der Waals surface area contributed by atoms with Crippen LogP contribution in [0.5, 0.6) is 0 Å². The Kier molecular flexibility index (Phi) is 14.8. The third-order valence-electron chi connectivity index (χ3n) is 0.986. The van der Waals surface area contributed by atoms with Crippen molar-refractivity contribution in [1.82, 2.24) is 0 Å². The minimum Gasteiger partial charge on any atom is -1.00 e. The minimum atomic E-state index is -1.17. The number of amides is 2. The van der Waals surface area contributed by atoms with Crippen LogP contribution in [0.15, 0.2) is 0 Å². The molecule has 0 aromatic heterocycles. The summed E-state index contributed by atoms with van der Waals surface area (Å²) in [6.45, 7) is 0. The van der Waals surface area contributed by atoms with Crippen LogP contribution in [-0.4, -0.2) is 34.2 Å². The molecule has 0 fully saturated rings. The summed E-state index contributed by atoms with van der Waals surface area (Å²) in [5.41, 5.74) is 13.5. The fourth-order valence-corrected chi connectivity index (χ4v) is 0.402. The molecule has 0 rings (SSSR count). The SMILES string of the molecule is NC(N)=O.N[C@@H](CCC(=O)O)C(=O)O.[H-].[Na+]. The molecule has 0 aliphatic carbocycles. The number of hydrogen-bond acceptors (Lipinski definition) is 4. The van der Waals surface area contributed by atoms with Gasteiger partial charge in [-0.3, -0.25) is 9.59 Å². The molecule has 15 heavy (non-hydrogen) atoms. The van der Waals surface area contributed by atoms with Crippen molar-refractivity contribution in [3.63, 3.8) is 0 Å². The van der Waals surface area contributed by atoms with E-state index in [0.717, 1.165) is 0 Å². The number of nitrogens with two attached hydrogens (primary N) is 3. The summed E-state index contributed by atoms with van der Waals surface area (Å²) >= 11 is 0. The monoisotopic (exact) mass is 231 g/mol. The number of aliphatic carboxylic acids is 2. The molecule has 2 amide bonds. The van der Waals surface area contributed by atoms with E-state index < -0.39 is 24.0 Å². The van der Waals surface area contributed by atoms with Crippen molar-refractivity contribution in [2.45, 2.75) is 18.9 Å². The van der Waals surface area contributed by atoms with E-state index in [2.05, 4.69) is 11.5 Å². The average molecular weight is 231 g/mol. The molecule has 0 radical (unpaired) electrons. The van der Waals surface area contributed by atoms with E-state index in [1.165, 1.54) is 0 Å². The van der Waals surface area contributed by atoms with Gasteiger partial charge >= 0.3 is 47.5 Å². The van der Waals surface area contributed by atoms with Gasteiger partial charge in [-0.15, -0.1) is 0 Å². The maximum Gasteiger partial charge on any atom is 1.00 e. The molecule has 0 saturated carbocycles. The molecule has 0 aromatic carbocycles. The van der Waals surface area contributed by atoms with Crippen LogP contribution in [0, 0.1) is 0 Å². The Morgan fingerprint density at radius 2 is 1.53 bits per heavy atom. The fraction of sp³-hybridized carbons (Fsp3) is 0.500. The van der Waals surface area contributed by atoms with Crippen LogP contribution in [0.1, 0.15) is 14.3 Å². The standard InChI is InChI=1S/C5H9NO4.CH4N2O.Na.H/c6-3(5(9)10)1-2-4(7)8;2-1(3)4;;/h3H,1-2,6H2,(H,7,8)(H,9,10);(H4,2,3,4);;/q;;+1;-1/t3-;;;/m0.../s1. The minimum absolute atomic E-state index is 0. The number of carbonyl (C=O) groups is 3. The Morgan fingerprint density at radius 1 is 1.20 bits per heavy atom. The molecule has 0 saturated heterocycles. The molecule has 1 atom stereocenters. The summed E-state index contributed by atoms with van der Waals surface area (Å²) in [5, 5.41) is 16.3. The fourth-order valence-electron chi connectivity index (χ4n) is 0.402. The van der Waals surface area contributed by atoms with Crippen LogP contribution in [0.25, 0.3) is 0 Å². The van der Waals surface area contributed by atoms with Crippen molar-refractivity contribution in [3.05, 3.63) is 0 Å². The van der Waals surface area contributed by atoms with Gasteiger partial charge in [0.25, 0.3) is 0 Å². The van der Waals surface area contributed by atoms with Crippen LogP contribution in [-0.2, 0) is 9.59 Å². The van der Waals surface area contributed by atoms with Crippen molar-refractivity contribution in [3.8, 4) is 0 Å². The molecular formula is C6H14N3NaO5. The number of urea groups is 1. The summed E-state index contributed by atoms with van der Waals surface area (Å²) in [6, 6.07) is -1.89. The van der Waals surface area contributed by atoms with Crippen molar-refractivity contribution >= 4 is 18.0 Å². The molecular weight excluding hydrogens is 217 g/mol. The first-order valence-electron chi connectivity index (χ1n) is 3.52. The number of carboxylic acids is 2. The second-order valence-corrected chi connectivity index (χ2v) is 2.28. The first kappa shape index (κ1) is 19.7. The molecule has 0 bridgehead atoms. The van der Waals surface area contributed by atoms with Gasteiger partial charge in [0.05, 0.1) is 0 Å². The summed E-state index contributed by atoms with van der Waals surface area (Å²) < 4.78 is 0. The number of carbonyl (C=O) groups excluding carboxylic acids is 1. The molecule has 9 heteroatoms. The first-order chi connectivity index (χ1) is 6.27. The van der Waals surface area contributed by atoms with Gasteiger partial charge in [-0.2, -0.15) is 0 Å². The van der Waals surface area contributed by atoms with E-state index in [1.807, 2.05) is 0 Å². The first-order valence-corrected chi connectivity index (χ1v) is 3.52. The van der Waals surface area contributed by atoms with Crippen molar-refractivity contribution in [2.75, 3.05) is 0 Å². The summed E-state index contributed by atoms with van der Waals surface area (Å²) in [4.78, 5) is 28.9. The zero-order chi connectivity index (χ0) is 11.7. The van der Waals surface area contributed by atoms with Crippen LogP contribution >= 0.6 is 0 Å². The van der Waals surface area contributed by atoms with Crippen molar-refractivity contribution < 1.29 is 55.6 Å². The van der Waals surface area contributed by atoms with Gasteiger partial charge in [0.15, 0.2) is 0 Å². The molecule has 8 nitrogen and oxygen atoms in total. The van der Waals surface area contributed by atoms with Crippen LogP contribution in [0.3, 0.4) is 0 Å². The van der Waals surface area contributed by atoms with E-state index in [-0.39, 0.29) is 43.8 Å². The quantitative estimate of drug-likeness (QED) is 0.305. The van der Waals surface area contributed by atoms with Gasteiger partial charge < -0.3 is 28.8 Å². The van der Waals surface area contributed by atoms with E-state index >= 15 is 0 Å². The van der Waals surface area contributed by atoms with Crippen LogP contribution < -0.4 is 46.8 Å². The Morgan fingerprint density at radius 3 is 1.73 bits per heavy atom. The molecule has 0 aliphatic heterocycles. The predicted molar refractivity (Wildman–Crippen MR) is 47.4 cm³/mol. The number of primary amides is 2. The average Bonchev–Trinajstić information content (AvgIpc) is 1.98. The van der Waals surface area contributed by atoms with Crippen LogP contribution in [0.2, 0.25) is 0 Å². The molecule has 0 aromatic rings. The number of hydrogen-bond donors (Lipinski definition) is 5. The molecule has 0 heterocycles. The maximum absolute atomic E-state index is 9.99. The number of carboxylic acid groups (broad SMARTS) is 2. The summed E-state index contributed by atoms with van der Waals surface area (Å²) in [5.74, 6) is -2.20. The van der Waals surface area contributed by atoms with Gasteiger partial charge in [0, 0.05) is 6.42 Å². The Bertz CT molecular complexity index is 224. The predicted octanol–water partition coefficient (Wildman–Crippen LogP) is -4.60.